The van der Waals surface area contributed by atoms with E-state index in [0.717, 1.165) is 32.5 Å². The Morgan fingerprint density at radius 2 is 1.88 bits per heavy atom. The number of rotatable bonds is 6. The lowest BCUT2D eigenvalue weighted by Gasteiger charge is -2.22. The summed E-state index contributed by atoms with van der Waals surface area (Å²) in [4.78, 5) is 41.6. The Kier molecular flexibility index (Phi) is 7.18. The van der Waals surface area contributed by atoms with Gasteiger partial charge in [0.2, 0.25) is 5.60 Å². The van der Waals surface area contributed by atoms with Gasteiger partial charge in [-0.05, 0) is 25.5 Å². The van der Waals surface area contributed by atoms with Gasteiger partial charge in [0, 0.05) is 18.7 Å². The molecule has 174 valence electrons. The number of alkyl halides is 3. The van der Waals surface area contributed by atoms with E-state index in [1.54, 1.807) is 6.92 Å². The number of oxime groups is 1. The molecule has 1 atom stereocenters. The highest BCUT2D eigenvalue weighted by atomic mass is 35.5. The summed E-state index contributed by atoms with van der Waals surface area (Å²) in [5.74, 6) is -1.84. The van der Waals surface area contributed by atoms with E-state index in [1.807, 2.05) is 0 Å². The molecule has 0 unspecified atom stereocenters. The van der Waals surface area contributed by atoms with Gasteiger partial charge in [0.05, 0.1) is 24.0 Å². The van der Waals surface area contributed by atoms with Gasteiger partial charge in [0.15, 0.2) is 0 Å². The van der Waals surface area contributed by atoms with Crippen LogP contribution in [-0.2, 0) is 27.6 Å². The number of nitrogens with zero attached hydrogens (tertiary/aromatic N) is 3. The third-order valence-corrected chi connectivity index (χ3v) is 4.98. The fourth-order valence-electron chi connectivity index (χ4n) is 2.60. The lowest BCUT2D eigenvalue weighted by Crippen LogP contribution is -2.41. The zero-order chi connectivity index (χ0) is 24.4. The van der Waals surface area contributed by atoms with Crippen LogP contribution in [0.15, 0.2) is 32.9 Å². The highest BCUT2D eigenvalue weighted by Crippen LogP contribution is 2.27. The fraction of sp³-hybridized carbons (Fsp3) is 0.368. The van der Waals surface area contributed by atoms with Crippen molar-refractivity contribution in [2.75, 3.05) is 7.11 Å². The molecular weight excluding hydrogens is 462 g/mol. The van der Waals surface area contributed by atoms with Gasteiger partial charge in [-0.3, -0.25) is 9.36 Å². The standard InChI is InChI=1S/C19H18ClF4N3O5/c1-5-18(2,16(29)31-4)32-25-9-10-6-13(12(21)7-11(10)20)27-15(28)8-14(19(22,23)24)26(3)17(27)30/h6-9H,5H2,1-4H3/b25-9+/t18-/m1/s1. The Morgan fingerprint density at radius 3 is 2.41 bits per heavy atom. The molecule has 32 heavy (non-hydrogen) atoms. The summed E-state index contributed by atoms with van der Waals surface area (Å²) >= 11 is 5.96. The monoisotopic (exact) mass is 479 g/mol. The summed E-state index contributed by atoms with van der Waals surface area (Å²) in [7, 11) is 1.96. The number of methoxy groups -OCH3 is 1. The molecule has 2 rings (SSSR count). The van der Waals surface area contributed by atoms with Gasteiger partial charge in [0.25, 0.3) is 5.56 Å². The smallest absolute Gasteiger partial charge is 0.431 e. The van der Waals surface area contributed by atoms with E-state index in [0.29, 0.717) is 0 Å². The summed E-state index contributed by atoms with van der Waals surface area (Å²) in [6.45, 7) is 3.06. The number of benzene rings is 1. The summed E-state index contributed by atoms with van der Waals surface area (Å²) in [5.41, 5.74) is -6.43. The molecule has 0 amide bonds. The maximum absolute atomic E-state index is 14.5. The molecule has 0 fully saturated rings. The Morgan fingerprint density at radius 1 is 1.25 bits per heavy atom. The van der Waals surface area contributed by atoms with Gasteiger partial charge < -0.3 is 9.57 Å². The maximum Gasteiger partial charge on any atom is 0.431 e. The largest absolute Gasteiger partial charge is 0.466 e. The first-order valence-electron chi connectivity index (χ1n) is 8.96. The molecule has 0 N–H and O–H groups in total. The second-order valence-electron chi connectivity index (χ2n) is 6.77. The van der Waals surface area contributed by atoms with E-state index in [9.17, 15) is 31.9 Å². The second-order valence-corrected chi connectivity index (χ2v) is 7.18. The molecule has 1 heterocycles. The third kappa shape index (κ3) is 4.85. The van der Waals surface area contributed by atoms with Crippen molar-refractivity contribution in [3.63, 3.8) is 0 Å². The van der Waals surface area contributed by atoms with Crippen LogP contribution in [0.5, 0.6) is 0 Å². The Bertz CT molecular complexity index is 1190. The van der Waals surface area contributed by atoms with Gasteiger partial charge in [-0.25, -0.2) is 18.5 Å². The van der Waals surface area contributed by atoms with E-state index in [4.69, 9.17) is 16.4 Å². The number of hydrogen-bond donors (Lipinski definition) is 0. The van der Waals surface area contributed by atoms with Crippen LogP contribution < -0.4 is 11.2 Å². The first kappa shape index (κ1) is 25.1. The number of halogens is 5. The van der Waals surface area contributed by atoms with Gasteiger partial charge in [-0.15, -0.1) is 0 Å². The number of carbonyl (C=O) groups excluding carboxylic acids is 1. The molecule has 0 saturated heterocycles. The molecule has 13 heteroatoms. The quantitative estimate of drug-likeness (QED) is 0.275. The molecule has 0 spiro atoms. The maximum atomic E-state index is 14.5. The second kappa shape index (κ2) is 9.15. The lowest BCUT2D eigenvalue weighted by atomic mass is 10.0. The molecule has 0 aliphatic carbocycles. The number of hydrogen-bond acceptors (Lipinski definition) is 6. The summed E-state index contributed by atoms with van der Waals surface area (Å²) in [6.07, 6.45) is -3.79. The molecule has 0 aliphatic rings. The van der Waals surface area contributed by atoms with Crippen molar-refractivity contribution < 1.29 is 31.9 Å². The van der Waals surface area contributed by atoms with E-state index in [1.165, 1.54) is 6.92 Å². The minimum absolute atomic E-state index is 0.0414. The minimum atomic E-state index is -4.97. The molecule has 2 aromatic rings. The first-order valence-corrected chi connectivity index (χ1v) is 9.34. The topological polar surface area (TPSA) is 91.9 Å². The molecule has 1 aromatic carbocycles. The van der Waals surface area contributed by atoms with E-state index >= 15 is 0 Å². The predicted molar refractivity (Wildman–Crippen MR) is 107 cm³/mol. The summed E-state index contributed by atoms with van der Waals surface area (Å²) in [6, 6.07) is 1.86. The van der Waals surface area contributed by atoms with Gasteiger partial charge in [-0.1, -0.05) is 23.7 Å². The fourth-order valence-corrected chi connectivity index (χ4v) is 2.80. The summed E-state index contributed by atoms with van der Waals surface area (Å²) < 4.78 is 58.6. The Balaban J connectivity index is 2.58. The van der Waals surface area contributed by atoms with E-state index in [2.05, 4.69) is 9.89 Å². The van der Waals surface area contributed by atoms with Crippen molar-refractivity contribution in [3.05, 3.63) is 61.1 Å². The van der Waals surface area contributed by atoms with Crippen molar-refractivity contribution in [2.24, 2.45) is 12.2 Å². The minimum Gasteiger partial charge on any atom is -0.466 e. The average Bonchev–Trinajstić information content (AvgIpc) is 2.71. The highest BCUT2D eigenvalue weighted by molar-refractivity contribution is 6.33. The Hall–Kier alpha value is -3.15. The zero-order valence-corrected chi connectivity index (χ0v) is 18.0. The molecule has 1 aromatic heterocycles. The number of ether oxygens (including phenoxy) is 1. The van der Waals surface area contributed by atoms with Crippen LogP contribution >= 0.6 is 11.6 Å². The molecule has 8 nitrogen and oxygen atoms in total. The predicted octanol–water partition coefficient (Wildman–Crippen LogP) is 3.04. The number of aromatic nitrogens is 2. The zero-order valence-electron chi connectivity index (χ0n) is 17.3. The van der Waals surface area contributed by atoms with Gasteiger partial charge >= 0.3 is 17.8 Å². The van der Waals surface area contributed by atoms with Crippen LogP contribution in [0.25, 0.3) is 5.69 Å². The summed E-state index contributed by atoms with van der Waals surface area (Å²) in [5, 5.41) is 3.43. The van der Waals surface area contributed by atoms with Gasteiger partial charge in [0.1, 0.15) is 11.5 Å². The van der Waals surface area contributed by atoms with E-state index < -0.39 is 46.2 Å². The van der Waals surface area contributed by atoms with Crippen LogP contribution in [0.3, 0.4) is 0 Å². The lowest BCUT2D eigenvalue weighted by molar-refractivity contribution is -0.167. The van der Waals surface area contributed by atoms with Crippen LogP contribution in [0.1, 0.15) is 31.5 Å². The Labute approximate surface area is 183 Å². The van der Waals surface area contributed by atoms with Crippen LogP contribution in [0.2, 0.25) is 5.02 Å². The van der Waals surface area contributed by atoms with Gasteiger partial charge in [-0.2, -0.15) is 13.2 Å². The SMILES string of the molecule is CC[C@@](C)(O/N=C/c1cc(-n2c(=O)cc(C(F)(F)F)n(C)c2=O)c(F)cc1Cl)C(=O)OC. The third-order valence-electron chi connectivity index (χ3n) is 4.66. The van der Waals surface area contributed by atoms with E-state index in [-0.39, 0.29) is 32.2 Å². The first-order chi connectivity index (χ1) is 14.8. The normalized spacial score (nSPS) is 13.8. The molecule has 0 saturated carbocycles. The molecule has 0 bridgehead atoms. The highest BCUT2D eigenvalue weighted by Gasteiger charge is 2.36. The van der Waals surface area contributed by atoms with Crippen LogP contribution in [0.4, 0.5) is 17.6 Å². The van der Waals surface area contributed by atoms with Crippen molar-refractivity contribution in [3.8, 4) is 5.69 Å². The molecule has 0 radical (unpaired) electrons. The number of carbonyl (C=O) groups is 1. The number of esters is 1. The van der Waals surface area contributed by atoms with Crippen LogP contribution in [0, 0.1) is 5.82 Å². The molecular formula is C19H18ClF4N3O5. The van der Waals surface area contributed by atoms with Crippen molar-refractivity contribution in [2.45, 2.75) is 32.0 Å². The van der Waals surface area contributed by atoms with Crippen molar-refractivity contribution in [1.29, 1.82) is 0 Å². The van der Waals surface area contributed by atoms with Crippen LogP contribution in [-0.4, -0.2) is 34.0 Å². The van der Waals surface area contributed by atoms with Crippen molar-refractivity contribution in [1.82, 2.24) is 9.13 Å². The van der Waals surface area contributed by atoms with Crippen molar-refractivity contribution >= 4 is 23.8 Å². The average molecular weight is 480 g/mol. The molecule has 0 aliphatic heterocycles.